The largest absolute Gasteiger partial charge is 0.0501 e. The molecule has 5 aromatic carbocycles. The molecule has 0 aliphatic carbocycles. The molecule has 0 N–H and O–H groups in total. The average molecular weight is 754 g/mol. The van der Waals surface area contributed by atoms with E-state index in [1.807, 2.05) is 0 Å². The van der Waals surface area contributed by atoms with Gasteiger partial charge >= 0.3 is 0 Å². The molecular formula is C22H10Br6. The predicted molar refractivity (Wildman–Crippen MR) is 143 cm³/mol. The molecule has 0 atom stereocenters. The molecule has 0 saturated carbocycles. The van der Waals surface area contributed by atoms with Crippen LogP contribution in [0.5, 0.6) is 0 Å². The first-order valence-electron chi connectivity index (χ1n) is 8.44. The number of aryl methyl sites for hydroxylation is 2. The Morgan fingerprint density at radius 1 is 0.357 bits per heavy atom. The molecule has 0 nitrogen and oxygen atoms in total. The van der Waals surface area contributed by atoms with Crippen LogP contribution >= 0.6 is 95.6 Å². The molecular weight excluding hydrogens is 744 g/mol. The van der Waals surface area contributed by atoms with Crippen molar-refractivity contribution >= 4 is 139 Å². The summed E-state index contributed by atoms with van der Waals surface area (Å²) >= 11 is 22.9. The molecule has 5 aromatic rings. The monoisotopic (exact) mass is 748 g/mol. The van der Waals surface area contributed by atoms with Gasteiger partial charge < -0.3 is 0 Å². The van der Waals surface area contributed by atoms with Crippen LogP contribution < -0.4 is 0 Å². The van der Waals surface area contributed by atoms with Gasteiger partial charge in [0.2, 0.25) is 0 Å². The van der Waals surface area contributed by atoms with Crippen molar-refractivity contribution in [2.75, 3.05) is 0 Å². The van der Waals surface area contributed by atoms with E-state index in [1.165, 1.54) is 54.2 Å². The van der Waals surface area contributed by atoms with Gasteiger partial charge in [0.15, 0.2) is 0 Å². The summed E-state index contributed by atoms with van der Waals surface area (Å²) < 4.78 is 6.53. The van der Waals surface area contributed by atoms with Gasteiger partial charge in [0, 0.05) is 59.2 Å². The second-order valence-corrected chi connectivity index (χ2v) is 12.2. The molecule has 0 radical (unpaired) electrons. The first-order valence-corrected chi connectivity index (χ1v) is 13.2. The Bertz CT molecular complexity index is 1270. The van der Waals surface area contributed by atoms with Crippen LogP contribution in [0.4, 0.5) is 0 Å². The number of fused-ring (bicyclic) bond motifs is 2. The lowest BCUT2D eigenvalue weighted by molar-refractivity contribution is 1.50. The topological polar surface area (TPSA) is 0 Å². The Morgan fingerprint density at radius 3 is 1.00 bits per heavy atom. The van der Waals surface area contributed by atoms with Crippen LogP contribution in [-0.2, 0) is 0 Å². The second kappa shape index (κ2) is 6.89. The summed E-state index contributed by atoms with van der Waals surface area (Å²) in [6.07, 6.45) is 0. The van der Waals surface area contributed by atoms with E-state index in [2.05, 4.69) is 134 Å². The molecule has 5 rings (SSSR count). The van der Waals surface area contributed by atoms with Gasteiger partial charge in [-0.3, -0.25) is 0 Å². The lowest BCUT2D eigenvalue weighted by Gasteiger charge is -2.22. The van der Waals surface area contributed by atoms with E-state index < -0.39 is 0 Å². The van der Waals surface area contributed by atoms with Crippen molar-refractivity contribution in [2.45, 2.75) is 13.8 Å². The quantitative estimate of drug-likeness (QED) is 0.109. The van der Waals surface area contributed by atoms with Crippen LogP contribution in [0.3, 0.4) is 0 Å². The third kappa shape index (κ3) is 2.61. The number of hydrogen-bond donors (Lipinski definition) is 0. The van der Waals surface area contributed by atoms with Gasteiger partial charge in [0.25, 0.3) is 0 Å². The van der Waals surface area contributed by atoms with Crippen LogP contribution in [-0.4, -0.2) is 0 Å². The molecule has 0 aliphatic heterocycles. The van der Waals surface area contributed by atoms with E-state index in [-0.39, 0.29) is 0 Å². The van der Waals surface area contributed by atoms with Gasteiger partial charge in [-0.1, -0.05) is 95.6 Å². The highest BCUT2D eigenvalue weighted by atomic mass is 79.9. The highest BCUT2D eigenvalue weighted by molar-refractivity contribution is 9.12. The summed E-state index contributed by atoms with van der Waals surface area (Å²) in [5, 5.41) is 10.0. The van der Waals surface area contributed by atoms with E-state index in [0.29, 0.717) is 0 Å². The number of rotatable bonds is 0. The minimum Gasteiger partial charge on any atom is -0.0501 e. The Hall–Kier alpha value is 0.280. The van der Waals surface area contributed by atoms with Gasteiger partial charge in [-0.2, -0.15) is 0 Å². The fourth-order valence-electron chi connectivity index (χ4n) is 4.40. The van der Waals surface area contributed by atoms with Gasteiger partial charge in [0.1, 0.15) is 0 Å². The fourth-order valence-corrected chi connectivity index (χ4v) is 9.59. The summed E-state index contributed by atoms with van der Waals surface area (Å²) in [5.74, 6) is 0. The van der Waals surface area contributed by atoms with E-state index in [0.717, 1.165) is 26.8 Å². The highest BCUT2D eigenvalue weighted by Crippen LogP contribution is 2.52. The SMILES string of the molecule is Cc1cc(Br)c2c(Br)cc(Br)c3c4c(Br)cc(Br)c5c(Br)cc(C)c(c1c23)c54. The molecule has 0 spiro atoms. The first kappa shape index (κ1) is 20.2. The van der Waals surface area contributed by atoms with Gasteiger partial charge in [0.05, 0.1) is 0 Å². The van der Waals surface area contributed by atoms with Crippen molar-refractivity contribution in [3.8, 4) is 0 Å². The van der Waals surface area contributed by atoms with Crippen molar-refractivity contribution in [2.24, 2.45) is 0 Å². The zero-order chi connectivity index (χ0) is 20.1. The van der Waals surface area contributed by atoms with Gasteiger partial charge in [-0.25, -0.2) is 0 Å². The summed E-state index contributed by atoms with van der Waals surface area (Å²) in [6.45, 7) is 4.40. The second-order valence-electron chi connectivity index (χ2n) is 7.03. The van der Waals surface area contributed by atoms with Gasteiger partial charge in [-0.05, 0) is 60.0 Å². The molecule has 0 fully saturated rings. The molecule has 0 saturated heterocycles. The summed E-state index contributed by atoms with van der Waals surface area (Å²) in [7, 11) is 0. The lowest BCUT2D eigenvalue weighted by atomic mass is 9.86. The maximum atomic E-state index is 3.86. The minimum atomic E-state index is 1.08. The molecule has 6 heteroatoms. The lowest BCUT2D eigenvalue weighted by Crippen LogP contribution is -1.95. The Morgan fingerprint density at radius 2 is 0.643 bits per heavy atom. The van der Waals surface area contributed by atoms with Crippen molar-refractivity contribution in [1.29, 1.82) is 0 Å². The molecule has 0 heterocycles. The van der Waals surface area contributed by atoms with Crippen molar-refractivity contribution in [3.05, 3.63) is 62.2 Å². The number of halogens is 6. The summed E-state index contributed by atoms with van der Waals surface area (Å²) in [4.78, 5) is 0. The zero-order valence-electron chi connectivity index (χ0n) is 14.6. The predicted octanol–water partition coefficient (Wildman–Crippen LogP) is 10.9. The summed E-state index contributed by atoms with van der Waals surface area (Å²) in [6, 6.07) is 8.76. The van der Waals surface area contributed by atoms with Crippen LogP contribution in [0.1, 0.15) is 11.1 Å². The van der Waals surface area contributed by atoms with E-state index in [4.69, 9.17) is 0 Å². The summed E-state index contributed by atoms with van der Waals surface area (Å²) in [5.41, 5.74) is 2.53. The number of hydrogen-bond acceptors (Lipinski definition) is 0. The first-order chi connectivity index (χ1) is 13.2. The molecule has 0 aromatic heterocycles. The molecule has 0 unspecified atom stereocenters. The zero-order valence-corrected chi connectivity index (χ0v) is 24.1. The minimum absolute atomic E-state index is 1.08. The van der Waals surface area contributed by atoms with Crippen LogP contribution in [0, 0.1) is 13.8 Å². The van der Waals surface area contributed by atoms with Crippen LogP contribution in [0.25, 0.3) is 43.1 Å². The average Bonchev–Trinajstić information content (AvgIpc) is 2.58. The Balaban J connectivity index is 2.38. The molecule has 28 heavy (non-hydrogen) atoms. The van der Waals surface area contributed by atoms with Crippen molar-refractivity contribution < 1.29 is 0 Å². The van der Waals surface area contributed by atoms with E-state index in [1.54, 1.807) is 0 Å². The van der Waals surface area contributed by atoms with Crippen molar-refractivity contribution in [1.82, 2.24) is 0 Å². The third-order valence-corrected chi connectivity index (χ3v) is 9.17. The third-order valence-electron chi connectivity index (χ3n) is 5.41. The van der Waals surface area contributed by atoms with E-state index >= 15 is 0 Å². The number of benzene rings is 5. The maximum absolute atomic E-state index is 3.86. The smallest absolute Gasteiger partial charge is 0.0276 e. The molecule has 0 amide bonds. The molecule has 0 aliphatic rings. The van der Waals surface area contributed by atoms with Crippen molar-refractivity contribution in [3.63, 3.8) is 0 Å². The Labute approximate surface area is 212 Å². The molecule has 0 bridgehead atoms. The maximum Gasteiger partial charge on any atom is 0.0276 e. The normalized spacial score (nSPS) is 12.3. The van der Waals surface area contributed by atoms with E-state index in [9.17, 15) is 0 Å². The Kier molecular flexibility index (Phi) is 4.97. The van der Waals surface area contributed by atoms with Gasteiger partial charge in [-0.15, -0.1) is 0 Å². The standard InChI is InChI=1S/C22H10Br6/c1-7-3-9(23)17-11(25)5-13(27)19-20-14(28)6-12(26)18-10(24)4-8(2)16(22(18)20)15(7)21(17)19/h3-6H,1-2H3. The molecule has 140 valence electrons. The fraction of sp³-hybridized carbons (Fsp3) is 0.0909. The highest BCUT2D eigenvalue weighted by Gasteiger charge is 2.24. The van der Waals surface area contributed by atoms with Crippen LogP contribution in [0.15, 0.2) is 51.1 Å². The van der Waals surface area contributed by atoms with Crippen LogP contribution in [0.2, 0.25) is 0 Å².